The van der Waals surface area contributed by atoms with Gasteiger partial charge in [0.15, 0.2) is 0 Å². The molecular formula is C20H32N4O. The van der Waals surface area contributed by atoms with E-state index in [1.165, 1.54) is 38.5 Å². The van der Waals surface area contributed by atoms with Gasteiger partial charge in [-0.1, -0.05) is 19.8 Å². The van der Waals surface area contributed by atoms with Crippen LogP contribution in [-0.4, -0.2) is 48.4 Å². The van der Waals surface area contributed by atoms with Crippen LogP contribution in [0.15, 0.2) is 12.4 Å². The van der Waals surface area contributed by atoms with Gasteiger partial charge >= 0.3 is 0 Å². The van der Waals surface area contributed by atoms with Gasteiger partial charge in [-0.3, -0.25) is 0 Å². The lowest BCUT2D eigenvalue weighted by Gasteiger charge is -2.35. The van der Waals surface area contributed by atoms with E-state index in [9.17, 15) is 0 Å². The highest BCUT2D eigenvalue weighted by Gasteiger charge is 2.26. The van der Waals surface area contributed by atoms with Crippen LogP contribution in [0.3, 0.4) is 0 Å². The van der Waals surface area contributed by atoms with E-state index in [0.717, 1.165) is 56.6 Å². The highest BCUT2D eigenvalue weighted by molar-refractivity contribution is 5.50. The molecule has 1 saturated carbocycles. The Morgan fingerprint density at radius 3 is 2.24 bits per heavy atom. The van der Waals surface area contributed by atoms with Crippen LogP contribution in [0.1, 0.15) is 58.3 Å². The lowest BCUT2D eigenvalue weighted by atomic mass is 10.0. The summed E-state index contributed by atoms with van der Waals surface area (Å²) in [6.45, 7) is 6.67. The number of piperidine rings is 2. The molecule has 25 heavy (non-hydrogen) atoms. The minimum Gasteiger partial charge on any atom is -0.375 e. The summed E-state index contributed by atoms with van der Waals surface area (Å²) in [5, 5.41) is 0. The molecule has 3 aliphatic rings. The molecule has 3 fully saturated rings. The Labute approximate surface area is 151 Å². The van der Waals surface area contributed by atoms with Crippen LogP contribution in [0.2, 0.25) is 0 Å². The Balaban J connectivity index is 1.34. The molecule has 4 rings (SSSR count). The van der Waals surface area contributed by atoms with Crippen molar-refractivity contribution in [3.63, 3.8) is 0 Å². The highest BCUT2D eigenvalue weighted by atomic mass is 16.5. The first-order valence-electron chi connectivity index (χ1n) is 10.3. The highest BCUT2D eigenvalue weighted by Crippen LogP contribution is 2.28. The van der Waals surface area contributed by atoms with Gasteiger partial charge in [-0.25, -0.2) is 9.97 Å². The van der Waals surface area contributed by atoms with E-state index in [4.69, 9.17) is 4.74 Å². The van der Waals surface area contributed by atoms with Crippen molar-refractivity contribution in [1.82, 2.24) is 9.97 Å². The molecule has 0 amide bonds. The van der Waals surface area contributed by atoms with Gasteiger partial charge < -0.3 is 14.5 Å². The predicted molar refractivity (Wildman–Crippen MR) is 101 cm³/mol. The van der Waals surface area contributed by atoms with Crippen molar-refractivity contribution in [2.45, 2.75) is 70.5 Å². The van der Waals surface area contributed by atoms with E-state index in [1.54, 1.807) is 6.33 Å². The van der Waals surface area contributed by atoms with Crippen LogP contribution in [0, 0.1) is 5.92 Å². The molecule has 1 aliphatic carbocycles. The van der Waals surface area contributed by atoms with Gasteiger partial charge in [0.2, 0.25) is 0 Å². The summed E-state index contributed by atoms with van der Waals surface area (Å²) in [6.07, 6.45) is 12.8. The number of nitrogens with zero attached hydrogens (tertiary/aromatic N) is 4. The van der Waals surface area contributed by atoms with E-state index in [1.807, 2.05) is 0 Å². The smallest absolute Gasteiger partial charge is 0.134 e. The van der Waals surface area contributed by atoms with Crippen LogP contribution >= 0.6 is 0 Å². The lowest BCUT2D eigenvalue weighted by Crippen LogP contribution is -2.39. The van der Waals surface area contributed by atoms with Crippen LogP contribution in [0.25, 0.3) is 0 Å². The molecule has 1 aromatic heterocycles. The van der Waals surface area contributed by atoms with E-state index in [2.05, 4.69) is 32.8 Å². The molecule has 2 aliphatic heterocycles. The summed E-state index contributed by atoms with van der Waals surface area (Å²) in [7, 11) is 0. The first-order chi connectivity index (χ1) is 12.3. The second-order valence-electron chi connectivity index (χ2n) is 8.16. The third-order valence-electron chi connectivity index (χ3n) is 6.07. The number of aromatic nitrogens is 2. The molecule has 5 heteroatoms. The summed E-state index contributed by atoms with van der Waals surface area (Å²) in [5.74, 6) is 2.94. The molecule has 0 aromatic carbocycles. The molecular weight excluding hydrogens is 312 g/mol. The van der Waals surface area contributed by atoms with Gasteiger partial charge in [-0.2, -0.15) is 0 Å². The summed E-state index contributed by atoms with van der Waals surface area (Å²) < 4.78 is 6.30. The zero-order valence-electron chi connectivity index (χ0n) is 15.6. The maximum atomic E-state index is 6.30. The Hall–Kier alpha value is -1.36. The van der Waals surface area contributed by atoms with Crippen molar-refractivity contribution in [1.29, 1.82) is 0 Å². The van der Waals surface area contributed by atoms with Crippen molar-refractivity contribution in [2.75, 3.05) is 36.0 Å². The number of hydrogen-bond donors (Lipinski definition) is 0. The van der Waals surface area contributed by atoms with Gasteiger partial charge in [0.05, 0.1) is 12.2 Å². The third-order valence-corrected chi connectivity index (χ3v) is 6.07. The van der Waals surface area contributed by atoms with Crippen LogP contribution in [0.5, 0.6) is 0 Å². The van der Waals surface area contributed by atoms with Gasteiger partial charge in [0, 0.05) is 32.2 Å². The molecule has 1 atom stereocenters. The average molecular weight is 345 g/mol. The Bertz CT molecular complexity index is 552. The van der Waals surface area contributed by atoms with E-state index in [-0.39, 0.29) is 0 Å². The normalized spacial score (nSPS) is 26.4. The molecule has 0 N–H and O–H groups in total. The maximum Gasteiger partial charge on any atom is 0.134 e. The second kappa shape index (κ2) is 7.90. The van der Waals surface area contributed by atoms with E-state index < -0.39 is 0 Å². The van der Waals surface area contributed by atoms with Crippen LogP contribution < -0.4 is 9.80 Å². The minimum absolute atomic E-state index is 0.448. The maximum absolute atomic E-state index is 6.30. The van der Waals surface area contributed by atoms with Gasteiger partial charge in [0.25, 0.3) is 0 Å². The molecule has 138 valence electrons. The van der Waals surface area contributed by atoms with Crippen LogP contribution in [-0.2, 0) is 4.74 Å². The molecule has 3 heterocycles. The van der Waals surface area contributed by atoms with Crippen molar-refractivity contribution >= 4 is 11.6 Å². The van der Waals surface area contributed by atoms with Crippen molar-refractivity contribution in [2.24, 2.45) is 5.92 Å². The number of anilines is 2. The fourth-order valence-electron chi connectivity index (χ4n) is 4.60. The van der Waals surface area contributed by atoms with Gasteiger partial charge in [-0.05, 0) is 44.4 Å². The van der Waals surface area contributed by atoms with E-state index in [0.29, 0.717) is 12.2 Å². The first kappa shape index (κ1) is 17.1. The van der Waals surface area contributed by atoms with Gasteiger partial charge in [-0.15, -0.1) is 0 Å². The second-order valence-corrected chi connectivity index (χ2v) is 8.16. The Morgan fingerprint density at radius 2 is 1.52 bits per heavy atom. The van der Waals surface area contributed by atoms with Gasteiger partial charge in [0.1, 0.15) is 18.0 Å². The summed E-state index contributed by atoms with van der Waals surface area (Å²) in [4.78, 5) is 13.9. The van der Waals surface area contributed by atoms with E-state index >= 15 is 0 Å². The van der Waals surface area contributed by atoms with Crippen molar-refractivity contribution in [3.05, 3.63) is 12.4 Å². The number of hydrogen-bond acceptors (Lipinski definition) is 5. The molecule has 0 bridgehead atoms. The van der Waals surface area contributed by atoms with Crippen molar-refractivity contribution in [3.8, 4) is 0 Å². The Kier molecular flexibility index (Phi) is 5.39. The average Bonchev–Trinajstić information content (AvgIpc) is 3.16. The minimum atomic E-state index is 0.448. The fourth-order valence-corrected chi connectivity index (χ4v) is 4.60. The summed E-state index contributed by atoms with van der Waals surface area (Å²) in [5.41, 5.74) is 0. The fraction of sp³-hybridized carbons (Fsp3) is 0.800. The molecule has 1 aromatic rings. The topological polar surface area (TPSA) is 41.5 Å². The molecule has 0 radical (unpaired) electrons. The Morgan fingerprint density at radius 1 is 0.840 bits per heavy atom. The van der Waals surface area contributed by atoms with Crippen molar-refractivity contribution < 1.29 is 4.74 Å². The molecule has 2 saturated heterocycles. The zero-order chi connectivity index (χ0) is 17.1. The standard InChI is InChI=1S/C20H32N4O/c1-16-5-4-10-24(14-16)20-13-19(21-15-22-20)23-11-8-18(9-12-23)25-17-6-2-3-7-17/h13,15-18H,2-12,14H2,1H3. The largest absolute Gasteiger partial charge is 0.375 e. The SMILES string of the molecule is CC1CCCN(c2cc(N3CCC(OC4CCCC4)CC3)ncn2)C1. The first-order valence-corrected chi connectivity index (χ1v) is 10.3. The summed E-state index contributed by atoms with van der Waals surface area (Å²) in [6, 6.07) is 2.19. The predicted octanol–water partition coefficient (Wildman–Crippen LogP) is 3.64. The molecule has 5 nitrogen and oxygen atoms in total. The third kappa shape index (κ3) is 4.25. The molecule has 1 unspecified atom stereocenters. The summed E-state index contributed by atoms with van der Waals surface area (Å²) >= 11 is 0. The monoisotopic (exact) mass is 344 g/mol. The molecule has 0 spiro atoms. The number of rotatable bonds is 4. The van der Waals surface area contributed by atoms with Crippen LogP contribution in [0.4, 0.5) is 11.6 Å². The zero-order valence-corrected chi connectivity index (χ0v) is 15.6. The lowest BCUT2D eigenvalue weighted by molar-refractivity contribution is -0.0195. The quantitative estimate of drug-likeness (QED) is 0.834. The number of ether oxygens (including phenoxy) is 1.